The molecule has 0 saturated carbocycles. The summed E-state index contributed by atoms with van der Waals surface area (Å²) in [7, 11) is 1.31. The maximum atomic E-state index is 13.0. The average molecular weight is 513 g/mol. The lowest BCUT2D eigenvalue weighted by atomic mass is 9.92. The fraction of sp³-hybridized carbons (Fsp3) is 0.323. The van der Waals surface area contributed by atoms with Crippen molar-refractivity contribution in [3.63, 3.8) is 0 Å². The minimum absolute atomic E-state index is 0.184. The molecule has 38 heavy (non-hydrogen) atoms. The van der Waals surface area contributed by atoms with Gasteiger partial charge in [0.2, 0.25) is 0 Å². The SMILES string of the molecule is CCCCCc1c(C=C2C(=O)Nc3ccc(NC(=O)c4ccc(C(=O)OC)cc4)cc32)oc2c1CCCC2. The Morgan fingerprint density at radius 2 is 1.82 bits per heavy atom. The van der Waals surface area contributed by atoms with E-state index in [1.807, 2.05) is 6.08 Å². The number of rotatable bonds is 8. The van der Waals surface area contributed by atoms with Gasteiger partial charge < -0.3 is 19.8 Å². The molecule has 7 nitrogen and oxygen atoms in total. The van der Waals surface area contributed by atoms with Crippen LogP contribution >= 0.6 is 0 Å². The van der Waals surface area contributed by atoms with E-state index in [9.17, 15) is 14.4 Å². The first-order chi connectivity index (χ1) is 18.5. The van der Waals surface area contributed by atoms with Gasteiger partial charge in [-0.25, -0.2) is 4.79 Å². The summed E-state index contributed by atoms with van der Waals surface area (Å²) < 4.78 is 11.0. The molecule has 3 aromatic rings. The van der Waals surface area contributed by atoms with Crippen LogP contribution in [0.4, 0.5) is 11.4 Å². The topological polar surface area (TPSA) is 97.6 Å². The molecule has 2 aromatic carbocycles. The van der Waals surface area contributed by atoms with Crippen LogP contribution in [0.15, 0.2) is 46.9 Å². The molecule has 2 N–H and O–H groups in total. The molecule has 5 rings (SSSR count). The van der Waals surface area contributed by atoms with Gasteiger partial charge in [0.05, 0.1) is 18.2 Å². The lowest BCUT2D eigenvalue weighted by molar-refractivity contribution is -0.110. The second-order valence-corrected chi connectivity index (χ2v) is 9.81. The van der Waals surface area contributed by atoms with Crippen molar-refractivity contribution in [3.8, 4) is 0 Å². The zero-order valence-corrected chi connectivity index (χ0v) is 21.8. The molecule has 1 aliphatic carbocycles. The van der Waals surface area contributed by atoms with Gasteiger partial charge in [0.1, 0.15) is 11.5 Å². The minimum atomic E-state index is -0.460. The summed E-state index contributed by atoms with van der Waals surface area (Å²) in [4.78, 5) is 37.5. The largest absolute Gasteiger partial charge is 0.465 e. The second-order valence-electron chi connectivity index (χ2n) is 9.81. The summed E-state index contributed by atoms with van der Waals surface area (Å²) >= 11 is 0. The minimum Gasteiger partial charge on any atom is -0.465 e. The van der Waals surface area contributed by atoms with Gasteiger partial charge in [0.15, 0.2) is 0 Å². The summed E-state index contributed by atoms with van der Waals surface area (Å²) in [6.45, 7) is 2.20. The fourth-order valence-electron chi connectivity index (χ4n) is 5.21. The van der Waals surface area contributed by atoms with Crippen molar-refractivity contribution < 1.29 is 23.5 Å². The smallest absolute Gasteiger partial charge is 0.337 e. The first-order valence-corrected chi connectivity index (χ1v) is 13.3. The number of fused-ring (bicyclic) bond motifs is 2. The third-order valence-electron chi connectivity index (χ3n) is 7.25. The van der Waals surface area contributed by atoms with E-state index in [4.69, 9.17) is 9.15 Å². The number of carbonyl (C=O) groups is 3. The Labute approximate surface area is 222 Å². The van der Waals surface area contributed by atoms with Gasteiger partial charge in [-0.1, -0.05) is 19.8 Å². The third-order valence-corrected chi connectivity index (χ3v) is 7.25. The summed E-state index contributed by atoms with van der Waals surface area (Å²) in [6.07, 6.45) is 10.5. The normalized spacial score (nSPS) is 15.1. The van der Waals surface area contributed by atoms with Crippen molar-refractivity contribution in [1.29, 1.82) is 0 Å². The number of furan rings is 1. The standard InChI is InChI=1S/C31H32N2O5/c1-3-4-5-8-23-22-9-6-7-10-27(22)38-28(23)18-25-24-17-21(15-16-26(24)33-30(25)35)32-29(34)19-11-13-20(14-12-19)31(36)37-2/h11-18H,3-10H2,1-2H3,(H,32,34)(H,33,35). The number of ether oxygens (including phenoxy) is 1. The van der Waals surface area contributed by atoms with Crippen LogP contribution in [0.25, 0.3) is 11.6 Å². The lowest BCUT2D eigenvalue weighted by Gasteiger charge is -2.10. The Balaban J connectivity index is 1.42. The second kappa shape index (κ2) is 11.1. The van der Waals surface area contributed by atoms with Gasteiger partial charge in [-0.15, -0.1) is 0 Å². The van der Waals surface area contributed by atoms with Gasteiger partial charge in [-0.05, 0) is 86.2 Å². The molecule has 0 atom stereocenters. The van der Waals surface area contributed by atoms with E-state index in [1.165, 1.54) is 24.7 Å². The molecule has 0 saturated heterocycles. The number of unbranched alkanes of at least 4 members (excludes halogenated alkanes) is 2. The highest BCUT2D eigenvalue weighted by Crippen LogP contribution is 2.38. The van der Waals surface area contributed by atoms with Crippen molar-refractivity contribution in [2.45, 2.75) is 58.3 Å². The number of hydrogen-bond acceptors (Lipinski definition) is 5. The summed E-state index contributed by atoms with van der Waals surface area (Å²) in [6, 6.07) is 11.6. The Bertz CT molecular complexity index is 1410. The number of aryl methyl sites for hydroxylation is 1. The van der Waals surface area contributed by atoms with Crippen molar-refractivity contribution in [2.24, 2.45) is 0 Å². The average Bonchev–Trinajstić information content (AvgIpc) is 3.44. The molecule has 0 radical (unpaired) electrons. The van der Waals surface area contributed by atoms with Crippen LogP contribution in [0.2, 0.25) is 0 Å². The number of anilines is 2. The highest BCUT2D eigenvalue weighted by atomic mass is 16.5. The number of benzene rings is 2. The van der Waals surface area contributed by atoms with E-state index in [0.717, 1.165) is 62.0 Å². The number of nitrogens with one attached hydrogen (secondary N) is 2. The predicted molar refractivity (Wildman–Crippen MR) is 147 cm³/mol. The number of hydrogen-bond donors (Lipinski definition) is 2. The van der Waals surface area contributed by atoms with E-state index < -0.39 is 5.97 Å². The van der Waals surface area contributed by atoms with Crippen LogP contribution in [0.1, 0.15) is 88.0 Å². The van der Waals surface area contributed by atoms with E-state index in [2.05, 4.69) is 17.6 Å². The van der Waals surface area contributed by atoms with Gasteiger partial charge in [-0.2, -0.15) is 0 Å². The lowest BCUT2D eigenvalue weighted by Crippen LogP contribution is -2.12. The zero-order valence-electron chi connectivity index (χ0n) is 21.8. The molecule has 1 aliphatic heterocycles. The first-order valence-electron chi connectivity index (χ1n) is 13.3. The van der Waals surface area contributed by atoms with Crippen molar-refractivity contribution in [2.75, 3.05) is 17.7 Å². The van der Waals surface area contributed by atoms with Crippen LogP contribution < -0.4 is 10.6 Å². The Morgan fingerprint density at radius 1 is 1.05 bits per heavy atom. The quantitative estimate of drug-likeness (QED) is 0.206. The Kier molecular flexibility index (Phi) is 7.45. The zero-order chi connectivity index (χ0) is 26.6. The molecular weight excluding hydrogens is 480 g/mol. The van der Waals surface area contributed by atoms with Crippen LogP contribution in [0.5, 0.6) is 0 Å². The van der Waals surface area contributed by atoms with E-state index in [1.54, 1.807) is 42.5 Å². The predicted octanol–water partition coefficient (Wildman–Crippen LogP) is 6.42. The number of esters is 1. The van der Waals surface area contributed by atoms with Gasteiger partial charge in [-0.3, -0.25) is 9.59 Å². The molecule has 0 fully saturated rings. The van der Waals surface area contributed by atoms with E-state index >= 15 is 0 Å². The molecule has 196 valence electrons. The van der Waals surface area contributed by atoms with Crippen LogP contribution in [0.3, 0.4) is 0 Å². The number of methoxy groups -OCH3 is 1. The fourth-order valence-corrected chi connectivity index (χ4v) is 5.21. The molecular formula is C31H32N2O5. The van der Waals surface area contributed by atoms with Crippen LogP contribution in [-0.4, -0.2) is 24.9 Å². The highest BCUT2D eigenvalue weighted by molar-refractivity contribution is 6.35. The van der Waals surface area contributed by atoms with Crippen molar-refractivity contribution in [3.05, 3.63) is 81.8 Å². The number of amides is 2. The highest BCUT2D eigenvalue weighted by Gasteiger charge is 2.28. The summed E-state index contributed by atoms with van der Waals surface area (Å²) in [5.74, 6) is 0.883. The molecule has 7 heteroatoms. The molecule has 1 aromatic heterocycles. The summed E-state index contributed by atoms with van der Waals surface area (Å²) in [5, 5.41) is 5.82. The Hall–Kier alpha value is -4.13. The molecule has 0 spiro atoms. The summed E-state index contributed by atoms with van der Waals surface area (Å²) in [5.41, 5.74) is 5.86. The molecule has 0 unspecified atom stereocenters. The van der Waals surface area contributed by atoms with Gasteiger partial charge in [0, 0.05) is 34.5 Å². The molecule has 2 aliphatic rings. The molecule has 2 heterocycles. The maximum Gasteiger partial charge on any atom is 0.337 e. The maximum absolute atomic E-state index is 13.0. The molecule has 2 amide bonds. The van der Waals surface area contributed by atoms with Gasteiger partial charge >= 0.3 is 5.97 Å². The number of carbonyl (C=O) groups excluding carboxylic acids is 3. The van der Waals surface area contributed by atoms with Crippen molar-refractivity contribution >= 4 is 40.8 Å². The first kappa shape index (κ1) is 25.5. The van der Waals surface area contributed by atoms with Crippen LogP contribution in [0, 0.1) is 0 Å². The Morgan fingerprint density at radius 3 is 2.58 bits per heavy atom. The van der Waals surface area contributed by atoms with Gasteiger partial charge in [0.25, 0.3) is 11.8 Å². The van der Waals surface area contributed by atoms with E-state index in [-0.39, 0.29) is 11.8 Å². The van der Waals surface area contributed by atoms with E-state index in [0.29, 0.717) is 28.1 Å². The van der Waals surface area contributed by atoms with Crippen LogP contribution in [-0.2, 0) is 28.8 Å². The molecule has 0 bridgehead atoms. The third kappa shape index (κ3) is 5.14. The van der Waals surface area contributed by atoms with Crippen molar-refractivity contribution in [1.82, 2.24) is 0 Å². The monoisotopic (exact) mass is 512 g/mol.